The van der Waals surface area contributed by atoms with Crippen LogP contribution in [0.25, 0.3) is 0 Å². The number of thioether (sulfide) groups is 1. The standard InChI is InChI=1S/C20H31N5OS/c1-6-8-14-25-18(17(7-2)24(4)5)22-23-20(25)27-15(3)19(26)21-16-12-10-9-11-13-16/h9-13,15,17H,6-8,14H2,1-5H3,(H,21,26). The van der Waals surface area contributed by atoms with Crippen molar-refractivity contribution in [3.05, 3.63) is 36.2 Å². The molecule has 1 N–H and O–H groups in total. The fourth-order valence-electron chi connectivity index (χ4n) is 2.92. The van der Waals surface area contributed by atoms with E-state index in [0.717, 1.165) is 42.5 Å². The lowest BCUT2D eigenvalue weighted by Gasteiger charge is -2.23. The van der Waals surface area contributed by atoms with E-state index in [1.54, 1.807) is 0 Å². The van der Waals surface area contributed by atoms with E-state index in [1.165, 1.54) is 11.8 Å². The molecule has 1 aromatic carbocycles. The Labute approximate surface area is 166 Å². The molecule has 2 atom stereocenters. The summed E-state index contributed by atoms with van der Waals surface area (Å²) in [6.07, 6.45) is 3.13. The second-order valence-corrected chi connectivity index (χ2v) is 8.16. The highest BCUT2D eigenvalue weighted by atomic mass is 32.2. The van der Waals surface area contributed by atoms with Crippen molar-refractivity contribution in [1.82, 2.24) is 19.7 Å². The van der Waals surface area contributed by atoms with Gasteiger partial charge in [0.25, 0.3) is 0 Å². The van der Waals surface area contributed by atoms with Crippen molar-refractivity contribution >= 4 is 23.4 Å². The molecule has 0 radical (unpaired) electrons. The number of unbranched alkanes of at least 4 members (excludes halogenated alkanes) is 1. The number of para-hydroxylation sites is 1. The Hall–Kier alpha value is -1.86. The maximum atomic E-state index is 12.5. The largest absolute Gasteiger partial charge is 0.325 e. The number of aromatic nitrogens is 3. The van der Waals surface area contributed by atoms with Gasteiger partial charge in [0, 0.05) is 12.2 Å². The number of carbonyl (C=O) groups excluding carboxylic acids is 1. The molecule has 0 fully saturated rings. The topological polar surface area (TPSA) is 63.1 Å². The molecule has 27 heavy (non-hydrogen) atoms. The molecule has 1 heterocycles. The summed E-state index contributed by atoms with van der Waals surface area (Å²) in [4.78, 5) is 14.7. The molecule has 148 valence electrons. The van der Waals surface area contributed by atoms with Gasteiger partial charge >= 0.3 is 0 Å². The summed E-state index contributed by atoms with van der Waals surface area (Å²) in [7, 11) is 4.13. The molecule has 2 rings (SSSR count). The average Bonchev–Trinajstić information content (AvgIpc) is 3.03. The summed E-state index contributed by atoms with van der Waals surface area (Å²) in [5, 5.41) is 12.4. The molecule has 7 heteroatoms. The zero-order valence-corrected chi connectivity index (χ0v) is 17.8. The third kappa shape index (κ3) is 5.81. The molecule has 1 amide bonds. The van der Waals surface area contributed by atoms with Gasteiger partial charge in [-0.3, -0.25) is 9.69 Å². The predicted molar refractivity (Wildman–Crippen MR) is 112 cm³/mol. The van der Waals surface area contributed by atoms with Gasteiger partial charge in [0.1, 0.15) is 0 Å². The molecule has 1 aromatic heterocycles. The van der Waals surface area contributed by atoms with Crippen LogP contribution in [0.1, 0.15) is 51.9 Å². The van der Waals surface area contributed by atoms with Crippen LogP contribution in [0.4, 0.5) is 5.69 Å². The van der Waals surface area contributed by atoms with Gasteiger partial charge in [0.15, 0.2) is 11.0 Å². The number of benzene rings is 1. The Morgan fingerprint density at radius 3 is 2.52 bits per heavy atom. The first-order valence-corrected chi connectivity index (χ1v) is 10.5. The van der Waals surface area contributed by atoms with Gasteiger partial charge in [-0.15, -0.1) is 10.2 Å². The minimum Gasteiger partial charge on any atom is -0.325 e. The van der Waals surface area contributed by atoms with Gasteiger partial charge < -0.3 is 9.88 Å². The van der Waals surface area contributed by atoms with Crippen molar-refractivity contribution < 1.29 is 4.79 Å². The normalized spacial score (nSPS) is 13.6. The number of rotatable bonds is 10. The van der Waals surface area contributed by atoms with Crippen LogP contribution < -0.4 is 5.32 Å². The molecular formula is C20H31N5OS. The van der Waals surface area contributed by atoms with Crippen molar-refractivity contribution in [2.24, 2.45) is 0 Å². The van der Waals surface area contributed by atoms with E-state index in [9.17, 15) is 4.79 Å². The summed E-state index contributed by atoms with van der Waals surface area (Å²) in [6, 6.07) is 9.75. The Balaban J connectivity index is 2.16. The second kappa shape index (κ2) is 10.5. The number of nitrogens with zero attached hydrogens (tertiary/aromatic N) is 4. The minimum atomic E-state index is -0.262. The van der Waals surface area contributed by atoms with E-state index in [-0.39, 0.29) is 17.2 Å². The average molecular weight is 390 g/mol. The molecule has 0 spiro atoms. The first-order chi connectivity index (χ1) is 13.0. The smallest absolute Gasteiger partial charge is 0.237 e. The highest BCUT2D eigenvalue weighted by molar-refractivity contribution is 8.00. The zero-order valence-electron chi connectivity index (χ0n) is 17.0. The fourth-order valence-corrected chi connectivity index (χ4v) is 3.80. The summed E-state index contributed by atoms with van der Waals surface area (Å²) < 4.78 is 2.19. The molecule has 2 unspecified atom stereocenters. The van der Waals surface area contributed by atoms with Crippen LogP contribution in [0, 0.1) is 0 Å². The van der Waals surface area contributed by atoms with Crippen LogP contribution in [0.3, 0.4) is 0 Å². The molecule has 2 aromatic rings. The second-order valence-electron chi connectivity index (χ2n) is 6.85. The first-order valence-electron chi connectivity index (χ1n) is 9.60. The molecule has 6 nitrogen and oxygen atoms in total. The molecular weight excluding hydrogens is 358 g/mol. The quantitative estimate of drug-likeness (QED) is 0.617. The van der Waals surface area contributed by atoms with E-state index < -0.39 is 0 Å². The molecule has 0 saturated heterocycles. The van der Waals surface area contributed by atoms with E-state index in [1.807, 2.05) is 37.3 Å². The molecule has 0 aliphatic rings. The zero-order chi connectivity index (χ0) is 19.8. The van der Waals surface area contributed by atoms with Crippen molar-refractivity contribution in [2.45, 2.75) is 63.0 Å². The number of anilines is 1. The first kappa shape index (κ1) is 21.4. The van der Waals surface area contributed by atoms with E-state index in [0.29, 0.717) is 0 Å². The van der Waals surface area contributed by atoms with Gasteiger partial charge in [0.2, 0.25) is 5.91 Å². The van der Waals surface area contributed by atoms with Gasteiger partial charge in [-0.2, -0.15) is 0 Å². The molecule has 0 aliphatic heterocycles. The monoisotopic (exact) mass is 389 g/mol. The van der Waals surface area contributed by atoms with Gasteiger partial charge in [-0.1, -0.05) is 50.2 Å². The third-order valence-electron chi connectivity index (χ3n) is 4.48. The molecule has 0 bridgehead atoms. The maximum Gasteiger partial charge on any atom is 0.237 e. The Bertz CT molecular complexity index is 716. The number of hydrogen-bond donors (Lipinski definition) is 1. The third-order valence-corrected chi connectivity index (χ3v) is 5.56. The summed E-state index contributed by atoms with van der Waals surface area (Å²) in [5.74, 6) is 0.951. The Kier molecular flexibility index (Phi) is 8.31. The highest BCUT2D eigenvalue weighted by Gasteiger charge is 2.24. The maximum absolute atomic E-state index is 12.5. The van der Waals surface area contributed by atoms with Crippen LogP contribution in [-0.2, 0) is 11.3 Å². The van der Waals surface area contributed by atoms with Crippen LogP contribution in [0.15, 0.2) is 35.5 Å². The van der Waals surface area contributed by atoms with Crippen molar-refractivity contribution in [2.75, 3.05) is 19.4 Å². The molecule has 0 aliphatic carbocycles. The van der Waals surface area contributed by atoms with Crippen LogP contribution in [0.5, 0.6) is 0 Å². The summed E-state index contributed by atoms with van der Waals surface area (Å²) in [6.45, 7) is 7.12. The van der Waals surface area contributed by atoms with Gasteiger partial charge in [0.05, 0.1) is 11.3 Å². The van der Waals surface area contributed by atoms with Crippen LogP contribution in [0.2, 0.25) is 0 Å². The van der Waals surface area contributed by atoms with Crippen LogP contribution >= 0.6 is 11.8 Å². The summed E-state index contributed by atoms with van der Waals surface area (Å²) >= 11 is 1.47. The van der Waals surface area contributed by atoms with E-state index >= 15 is 0 Å². The fraction of sp³-hybridized carbons (Fsp3) is 0.550. The van der Waals surface area contributed by atoms with Gasteiger partial charge in [-0.05, 0) is 46.0 Å². The molecule has 0 saturated carbocycles. The van der Waals surface area contributed by atoms with E-state index in [2.05, 4.69) is 52.9 Å². The SMILES string of the molecule is CCCCn1c(SC(C)C(=O)Nc2ccccc2)nnc1C(CC)N(C)C. The lowest BCUT2D eigenvalue weighted by atomic mass is 10.2. The number of nitrogens with one attached hydrogen (secondary N) is 1. The number of carbonyl (C=O) groups is 1. The number of amides is 1. The Morgan fingerprint density at radius 1 is 1.22 bits per heavy atom. The van der Waals surface area contributed by atoms with Crippen LogP contribution in [-0.4, -0.2) is 44.9 Å². The summed E-state index contributed by atoms with van der Waals surface area (Å²) in [5.41, 5.74) is 0.807. The highest BCUT2D eigenvalue weighted by Crippen LogP contribution is 2.28. The van der Waals surface area contributed by atoms with E-state index in [4.69, 9.17) is 0 Å². The predicted octanol–water partition coefficient (Wildman–Crippen LogP) is 4.21. The minimum absolute atomic E-state index is 0.0301. The van der Waals surface area contributed by atoms with Gasteiger partial charge in [-0.25, -0.2) is 0 Å². The van der Waals surface area contributed by atoms with Crippen molar-refractivity contribution in [3.63, 3.8) is 0 Å². The van der Waals surface area contributed by atoms with Crippen molar-refractivity contribution in [3.8, 4) is 0 Å². The lowest BCUT2D eigenvalue weighted by molar-refractivity contribution is -0.115. The van der Waals surface area contributed by atoms with Crippen molar-refractivity contribution in [1.29, 1.82) is 0 Å². The Morgan fingerprint density at radius 2 is 1.93 bits per heavy atom. The lowest BCUT2D eigenvalue weighted by Crippen LogP contribution is -2.24. The number of hydrogen-bond acceptors (Lipinski definition) is 5.